The SMILES string of the molecule is C=CCCCCCC(=O)C1CC2CCCC(C1)S2(=O)=O. The van der Waals surface area contributed by atoms with E-state index in [1.54, 1.807) is 0 Å². The highest BCUT2D eigenvalue weighted by atomic mass is 32.2. The van der Waals surface area contributed by atoms with E-state index in [4.69, 9.17) is 0 Å². The summed E-state index contributed by atoms with van der Waals surface area (Å²) >= 11 is 0. The van der Waals surface area contributed by atoms with E-state index in [1.165, 1.54) is 0 Å². The number of ketones is 1. The van der Waals surface area contributed by atoms with Gasteiger partial charge >= 0.3 is 0 Å². The van der Waals surface area contributed by atoms with Crippen LogP contribution in [0.4, 0.5) is 0 Å². The van der Waals surface area contributed by atoms with Gasteiger partial charge in [0.1, 0.15) is 5.78 Å². The summed E-state index contributed by atoms with van der Waals surface area (Å²) in [7, 11) is -2.93. The number of carbonyl (C=O) groups excluding carboxylic acids is 1. The Bertz CT molecular complexity index is 432. The quantitative estimate of drug-likeness (QED) is 0.534. The van der Waals surface area contributed by atoms with Crippen molar-refractivity contribution in [1.82, 2.24) is 0 Å². The summed E-state index contributed by atoms with van der Waals surface area (Å²) in [6.07, 6.45) is 10.4. The largest absolute Gasteiger partial charge is 0.299 e. The number of unbranched alkanes of at least 4 members (excludes halogenated alkanes) is 3. The van der Waals surface area contributed by atoms with Crippen LogP contribution in [0.2, 0.25) is 0 Å². The van der Waals surface area contributed by atoms with Crippen molar-refractivity contribution < 1.29 is 13.2 Å². The maximum atomic E-state index is 12.3. The monoisotopic (exact) mass is 298 g/mol. The van der Waals surface area contributed by atoms with Gasteiger partial charge in [-0.15, -0.1) is 6.58 Å². The van der Waals surface area contributed by atoms with Crippen molar-refractivity contribution in [3.63, 3.8) is 0 Å². The van der Waals surface area contributed by atoms with E-state index in [2.05, 4.69) is 6.58 Å². The Kier molecular flexibility index (Phi) is 5.42. The minimum Gasteiger partial charge on any atom is -0.299 e. The molecule has 0 aliphatic carbocycles. The third-order valence-electron chi connectivity index (χ3n) is 4.86. The molecule has 2 saturated heterocycles. The summed E-state index contributed by atoms with van der Waals surface area (Å²) in [6.45, 7) is 3.69. The van der Waals surface area contributed by atoms with E-state index in [9.17, 15) is 13.2 Å². The molecule has 0 saturated carbocycles. The Morgan fingerprint density at radius 1 is 1.10 bits per heavy atom. The molecule has 0 N–H and O–H groups in total. The topological polar surface area (TPSA) is 51.2 Å². The van der Waals surface area contributed by atoms with Gasteiger partial charge in [0.2, 0.25) is 0 Å². The first-order chi connectivity index (χ1) is 9.55. The predicted octanol–water partition coefficient (Wildman–Crippen LogP) is 3.44. The van der Waals surface area contributed by atoms with Crippen molar-refractivity contribution in [2.24, 2.45) is 5.92 Å². The Balaban J connectivity index is 1.82. The molecule has 0 aromatic carbocycles. The van der Waals surface area contributed by atoms with Crippen LogP contribution in [-0.4, -0.2) is 24.7 Å². The van der Waals surface area contributed by atoms with Gasteiger partial charge in [0.15, 0.2) is 9.84 Å². The van der Waals surface area contributed by atoms with Crippen molar-refractivity contribution in [3.8, 4) is 0 Å². The van der Waals surface area contributed by atoms with Crippen molar-refractivity contribution >= 4 is 15.6 Å². The van der Waals surface area contributed by atoms with Gasteiger partial charge in [-0.3, -0.25) is 4.79 Å². The average Bonchev–Trinajstić information content (AvgIpc) is 2.36. The highest BCUT2D eigenvalue weighted by molar-refractivity contribution is 7.92. The zero-order chi connectivity index (χ0) is 14.6. The molecule has 0 radical (unpaired) electrons. The maximum Gasteiger partial charge on any atom is 0.156 e. The second kappa shape index (κ2) is 6.88. The number of carbonyl (C=O) groups is 1. The molecule has 0 spiro atoms. The van der Waals surface area contributed by atoms with Crippen LogP contribution in [0, 0.1) is 5.92 Å². The summed E-state index contributed by atoms with van der Waals surface area (Å²) in [5.74, 6) is 0.309. The van der Waals surface area contributed by atoms with Gasteiger partial charge in [0.05, 0.1) is 10.5 Å². The molecule has 2 atom stereocenters. The Morgan fingerprint density at radius 3 is 2.35 bits per heavy atom. The zero-order valence-electron chi connectivity index (χ0n) is 12.2. The molecule has 20 heavy (non-hydrogen) atoms. The molecule has 2 bridgehead atoms. The van der Waals surface area contributed by atoms with Crippen molar-refractivity contribution in [3.05, 3.63) is 12.7 Å². The van der Waals surface area contributed by atoms with Crippen molar-refractivity contribution in [2.45, 2.75) is 74.7 Å². The van der Waals surface area contributed by atoms with Crippen LogP contribution in [0.5, 0.6) is 0 Å². The number of rotatable bonds is 7. The highest BCUT2D eigenvalue weighted by Crippen LogP contribution is 2.40. The lowest BCUT2D eigenvalue weighted by Gasteiger charge is -2.38. The van der Waals surface area contributed by atoms with E-state index in [0.29, 0.717) is 25.0 Å². The number of hydrogen-bond donors (Lipinski definition) is 0. The first-order valence-electron chi connectivity index (χ1n) is 7.92. The lowest BCUT2D eigenvalue weighted by molar-refractivity contribution is -0.123. The molecule has 3 nitrogen and oxygen atoms in total. The molecule has 114 valence electrons. The Morgan fingerprint density at radius 2 is 1.75 bits per heavy atom. The molecule has 2 aliphatic heterocycles. The predicted molar refractivity (Wildman–Crippen MR) is 81.4 cm³/mol. The first kappa shape index (κ1) is 15.7. The van der Waals surface area contributed by atoms with Gasteiger partial charge in [-0.25, -0.2) is 8.42 Å². The van der Waals surface area contributed by atoms with E-state index in [-0.39, 0.29) is 16.4 Å². The fraction of sp³-hybridized carbons (Fsp3) is 0.812. The minimum absolute atomic E-state index is 0.00762. The maximum absolute atomic E-state index is 12.3. The minimum atomic E-state index is -2.93. The first-order valence-corrected chi connectivity index (χ1v) is 9.53. The number of hydrogen-bond acceptors (Lipinski definition) is 3. The fourth-order valence-corrected chi connectivity index (χ4v) is 6.18. The van der Waals surface area contributed by atoms with Crippen LogP contribution in [0.15, 0.2) is 12.7 Å². The third-order valence-corrected chi connectivity index (χ3v) is 7.58. The Labute approximate surface area is 122 Å². The van der Waals surface area contributed by atoms with Crippen LogP contribution < -0.4 is 0 Å². The van der Waals surface area contributed by atoms with Gasteiger partial charge in [0, 0.05) is 12.3 Å². The highest BCUT2D eigenvalue weighted by Gasteiger charge is 2.45. The number of sulfone groups is 1. The van der Waals surface area contributed by atoms with E-state index < -0.39 is 9.84 Å². The summed E-state index contributed by atoms with van der Waals surface area (Å²) < 4.78 is 24.3. The van der Waals surface area contributed by atoms with E-state index >= 15 is 0 Å². The van der Waals surface area contributed by atoms with Crippen LogP contribution in [0.25, 0.3) is 0 Å². The standard InChI is InChI=1S/C16H26O3S/c1-2-3-4-5-6-10-16(17)13-11-14-8-7-9-15(12-13)20(14,18)19/h2,13-15H,1,3-12H2. The van der Waals surface area contributed by atoms with Gasteiger partial charge in [-0.2, -0.15) is 0 Å². The molecule has 2 fully saturated rings. The molecule has 0 aromatic heterocycles. The Hall–Kier alpha value is -0.640. The molecule has 0 amide bonds. The molecular weight excluding hydrogens is 272 g/mol. The third kappa shape index (κ3) is 3.51. The van der Waals surface area contributed by atoms with Crippen LogP contribution in [0.3, 0.4) is 0 Å². The number of allylic oxidation sites excluding steroid dienone is 1. The normalized spacial score (nSPS) is 31.7. The van der Waals surface area contributed by atoms with Gasteiger partial charge in [-0.05, 0) is 44.9 Å². The number of fused-ring (bicyclic) bond motifs is 2. The smallest absolute Gasteiger partial charge is 0.156 e. The second-order valence-electron chi connectivity index (χ2n) is 6.29. The molecule has 2 unspecified atom stereocenters. The van der Waals surface area contributed by atoms with E-state index in [1.807, 2.05) is 6.08 Å². The lowest BCUT2D eigenvalue weighted by atomic mass is 9.85. The summed E-state index contributed by atoms with van der Waals surface area (Å²) in [6, 6.07) is 0. The molecule has 2 rings (SSSR count). The second-order valence-corrected chi connectivity index (χ2v) is 8.80. The summed E-state index contributed by atoms with van der Waals surface area (Å²) in [5.41, 5.74) is 0. The van der Waals surface area contributed by atoms with Crippen molar-refractivity contribution in [1.29, 1.82) is 0 Å². The molecule has 2 aliphatic rings. The van der Waals surface area contributed by atoms with Crippen molar-refractivity contribution in [2.75, 3.05) is 0 Å². The fourth-order valence-electron chi connectivity index (χ4n) is 3.64. The lowest BCUT2D eigenvalue weighted by Crippen LogP contribution is -2.45. The van der Waals surface area contributed by atoms with E-state index in [0.717, 1.165) is 44.9 Å². The zero-order valence-corrected chi connectivity index (χ0v) is 13.0. The molecule has 4 heteroatoms. The van der Waals surface area contributed by atoms with Crippen LogP contribution >= 0.6 is 0 Å². The van der Waals surface area contributed by atoms with Gasteiger partial charge in [-0.1, -0.05) is 18.9 Å². The molecule has 2 heterocycles. The molecular formula is C16H26O3S. The van der Waals surface area contributed by atoms with Gasteiger partial charge in [0.25, 0.3) is 0 Å². The summed E-state index contributed by atoms with van der Waals surface area (Å²) in [5, 5.41) is -0.463. The summed E-state index contributed by atoms with van der Waals surface area (Å²) in [4.78, 5) is 12.3. The van der Waals surface area contributed by atoms with Gasteiger partial charge < -0.3 is 0 Å². The molecule has 0 aromatic rings. The van der Waals surface area contributed by atoms with Crippen LogP contribution in [-0.2, 0) is 14.6 Å². The number of Topliss-reactive ketones (excluding diaryl/α,β-unsaturated/α-hetero) is 1. The van der Waals surface area contributed by atoms with Crippen LogP contribution in [0.1, 0.15) is 64.2 Å². The average molecular weight is 298 g/mol.